The van der Waals surface area contributed by atoms with E-state index in [2.05, 4.69) is 4.72 Å². The second-order valence-electron chi connectivity index (χ2n) is 4.52. The van der Waals surface area contributed by atoms with Crippen LogP contribution in [-0.4, -0.2) is 64.5 Å². The van der Waals surface area contributed by atoms with Gasteiger partial charge in [-0.05, 0) is 18.8 Å². The molecule has 1 aliphatic heterocycles. The Balaban J connectivity index is 2.42. The predicted molar refractivity (Wildman–Crippen MR) is 68.0 cm³/mol. The van der Waals surface area contributed by atoms with Crippen LogP contribution in [0.4, 0.5) is 0 Å². The van der Waals surface area contributed by atoms with Gasteiger partial charge in [-0.1, -0.05) is 0 Å². The molecule has 0 aliphatic carbocycles. The van der Waals surface area contributed by atoms with Crippen molar-refractivity contribution in [2.24, 2.45) is 5.92 Å². The fourth-order valence-corrected chi connectivity index (χ4v) is 4.68. The standard InChI is InChI=1S/C9H20N2O5S2/c1-11(4-2-5-12)18(15,16)10-7-9-3-6-17(13,14)8-9/h9-10,12H,2-8H2,1H3. The van der Waals surface area contributed by atoms with Gasteiger partial charge in [0.05, 0.1) is 11.5 Å². The molecule has 0 aromatic heterocycles. The lowest BCUT2D eigenvalue weighted by Crippen LogP contribution is -2.41. The molecule has 9 heteroatoms. The number of aliphatic hydroxyl groups excluding tert-OH is 1. The van der Waals surface area contributed by atoms with Gasteiger partial charge in [0.15, 0.2) is 9.84 Å². The van der Waals surface area contributed by atoms with Gasteiger partial charge >= 0.3 is 0 Å². The number of aliphatic hydroxyl groups is 1. The lowest BCUT2D eigenvalue weighted by molar-refractivity contribution is 0.275. The van der Waals surface area contributed by atoms with Crippen molar-refractivity contribution in [2.75, 3.05) is 38.2 Å². The molecule has 2 N–H and O–H groups in total. The fraction of sp³-hybridized carbons (Fsp3) is 1.00. The highest BCUT2D eigenvalue weighted by atomic mass is 32.2. The van der Waals surface area contributed by atoms with Crippen molar-refractivity contribution in [1.29, 1.82) is 0 Å². The van der Waals surface area contributed by atoms with Gasteiger partial charge in [0.1, 0.15) is 0 Å². The van der Waals surface area contributed by atoms with Gasteiger partial charge in [0.2, 0.25) is 0 Å². The summed E-state index contributed by atoms with van der Waals surface area (Å²) in [5, 5.41) is 8.63. The topological polar surface area (TPSA) is 104 Å². The third kappa shape index (κ3) is 4.81. The highest BCUT2D eigenvalue weighted by Crippen LogP contribution is 2.17. The van der Waals surface area contributed by atoms with Crippen LogP contribution in [0.1, 0.15) is 12.8 Å². The molecule has 108 valence electrons. The molecule has 18 heavy (non-hydrogen) atoms. The van der Waals surface area contributed by atoms with E-state index in [9.17, 15) is 16.8 Å². The first kappa shape index (κ1) is 15.8. The summed E-state index contributed by atoms with van der Waals surface area (Å²) in [4.78, 5) is 0. The maximum absolute atomic E-state index is 11.7. The molecule has 0 aromatic rings. The maximum Gasteiger partial charge on any atom is 0.279 e. The van der Waals surface area contributed by atoms with Crippen LogP contribution in [-0.2, 0) is 20.0 Å². The molecule has 1 atom stereocenters. The Bertz CT molecular complexity index is 459. The van der Waals surface area contributed by atoms with Crippen LogP contribution in [0, 0.1) is 5.92 Å². The first-order valence-corrected chi connectivity index (χ1v) is 9.05. The number of sulfone groups is 1. The number of nitrogens with one attached hydrogen (secondary N) is 1. The number of hydrogen-bond donors (Lipinski definition) is 2. The highest BCUT2D eigenvalue weighted by Gasteiger charge is 2.29. The van der Waals surface area contributed by atoms with Crippen molar-refractivity contribution >= 4 is 20.0 Å². The largest absolute Gasteiger partial charge is 0.396 e. The zero-order valence-corrected chi connectivity index (χ0v) is 12.0. The third-order valence-corrected chi connectivity index (χ3v) is 6.29. The molecule has 1 unspecified atom stereocenters. The summed E-state index contributed by atoms with van der Waals surface area (Å²) in [5.41, 5.74) is 0. The smallest absolute Gasteiger partial charge is 0.279 e. The van der Waals surface area contributed by atoms with Gasteiger partial charge in [0.25, 0.3) is 10.2 Å². The van der Waals surface area contributed by atoms with Gasteiger partial charge < -0.3 is 5.11 Å². The Hall–Kier alpha value is -0.220. The van der Waals surface area contributed by atoms with Crippen LogP contribution in [0.15, 0.2) is 0 Å². The summed E-state index contributed by atoms with van der Waals surface area (Å²) in [6.45, 7) is 0.306. The summed E-state index contributed by atoms with van der Waals surface area (Å²) >= 11 is 0. The lowest BCUT2D eigenvalue weighted by Gasteiger charge is -2.18. The average molecular weight is 300 g/mol. The highest BCUT2D eigenvalue weighted by molar-refractivity contribution is 7.91. The number of nitrogens with zero attached hydrogens (tertiary/aromatic N) is 1. The van der Waals surface area contributed by atoms with E-state index >= 15 is 0 Å². The van der Waals surface area contributed by atoms with Crippen LogP contribution in [0.5, 0.6) is 0 Å². The molecule has 7 nitrogen and oxygen atoms in total. The molecule has 0 bridgehead atoms. The van der Waals surface area contributed by atoms with Gasteiger partial charge in [-0.3, -0.25) is 0 Å². The van der Waals surface area contributed by atoms with Crippen molar-refractivity contribution in [3.8, 4) is 0 Å². The van der Waals surface area contributed by atoms with Crippen LogP contribution < -0.4 is 4.72 Å². The quantitative estimate of drug-likeness (QED) is 0.600. The molecule has 1 fully saturated rings. The molecule has 1 aliphatic rings. The van der Waals surface area contributed by atoms with Gasteiger partial charge in [-0.15, -0.1) is 0 Å². The van der Waals surface area contributed by atoms with Gasteiger partial charge in [-0.25, -0.2) is 13.1 Å². The average Bonchev–Trinajstić information content (AvgIpc) is 2.63. The van der Waals surface area contributed by atoms with E-state index in [0.717, 1.165) is 4.31 Å². The summed E-state index contributed by atoms with van der Waals surface area (Å²) in [7, 11) is -5.14. The van der Waals surface area contributed by atoms with Crippen molar-refractivity contribution in [3.63, 3.8) is 0 Å². The minimum absolute atomic E-state index is 0.0515. The van der Waals surface area contributed by atoms with Gasteiger partial charge in [-0.2, -0.15) is 12.7 Å². The van der Waals surface area contributed by atoms with Crippen molar-refractivity contribution in [1.82, 2.24) is 9.03 Å². The number of hydrogen-bond acceptors (Lipinski definition) is 5. The molecule has 0 saturated carbocycles. The van der Waals surface area contributed by atoms with Crippen molar-refractivity contribution in [3.05, 3.63) is 0 Å². The molecule has 0 spiro atoms. The monoisotopic (exact) mass is 300 g/mol. The first-order valence-electron chi connectivity index (χ1n) is 5.79. The molecule has 1 heterocycles. The molecule has 0 radical (unpaired) electrons. The Kier molecular flexibility index (Phi) is 5.53. The minimum atomic E-state index is -3.58. The molecular weight excluding hydrogens is 280 g/mol. The lowest BCUT2D eigenvalue weighted by atomic mass is 10.1. The zero-order chi connectivity index (χ0) is 13.8. The Morgan fingerprint density at radius 2 is 2.11 bits per heavy atom. The van der Waals surface area contributed by atoms with E-state index in [4.69, 9.17) is 5.11 Å². The van der Waals surface area contributed by atoms with Crippen molar-refractivity contribution in [2.45, 2.75) is 12.8 Å². The van der Waals surface area contributed by atoms with E-state index in [-0.39, 0.29) is 37.1 Å². The Morgan fingerprint density at radius 1 is 1.44 bits per heavy atom. The maximum atomic E-state index is 11.7. The second kappa shape index (κ2) is 6.29. The van der Waals surface area contributed by atoms with Crippen molar-refractivity contribution < 1.29 is 21.9 Å². The second-order valence-corrected chi connectivity index (χ2v) is 8.61. The molecular formula is C9H20N2O5S2. The zero-order valence-electron chi connectivity index (χ0n) is 10.4. The first-order chi connectivity index (χ1) is 8.27. The summed E-state index contributed by atoms with van der Waals surface area (Å²) in [6.07, 6.45) is 0.875. The van der Waals surface area contributed by atoms with E-state index in [1.807, 2.05) is 0 Å². The van der Waals surface area contributed by atoms with Crippen LogP contribution in [0.3, 0.4) is 0 Å². The normalized spacial score (nSPS) is 23.6. The van der Waals surface area contributed by atoms with Crippen LogP contribution in [0.25, 0.3) is 0 Å². The Labute approximate surface area is 108 Å². The van der Waals surface area contributed by atoms with E-state index in [1.165, 1.54) is 7.05 Å². The summed E-state index contributed by atoms with van der Waals surface area (Å²) in [6, 6.07) is 0. The predicted octanol–water partition coefficient (Wildman–Crippen LogP) is -1.43. The summed E-state index contributed by atoms with van der Waals surface area (Å²) in [5.74, 6) is 0.0475. The molecule has 1 rings (SSSR count). The fourth-order valence-electron chi connectivity index (χ4n) is 1.78. The Morgan fingerprint density at radius 3 is 2.61 bits per heavy atom. The number of rotatable bonds is 7. The summed E-state index contributed by atoms with van der Waals surface area (Å²) < 4.78 is 49.4. The van der Waals surface area contributed by atoms with Crippen LogP contribution in [0.2, 0.25) is 0 Å². The molecule has 0 aromatic carbocycles. The van der Waals surface area contributed by atoms with E-state index < -0.39 is 20.0 Å². The van der Waals surface area contributed by atoms with Crippen LogP contribution >= 0.6 is 0 Å². The van der Waals surface area contributed by atoms with E-state index in [0.29, 0.717) is 12.8 Å². The van der Waals surface area contributed by atoms with Gasteiger partial charge in [0, 0.05) is 26.7 Å². The third-order valence-electron chi connectivity index (χ3n) is 2.92. The van der Waals surface area contributed by atoms with E-state index in [1.54, 1.807) is 0 Å². The molecule has 1 saturated heterocycles. The minimum Gasteiger partial charge on any atom is -0.396 e. The molecule has 0 amide bonds. The SMILES string of the molecule is CN(CCCO)S(=O)(=O)NCC1CCS(=O)(=O)C1.